The molecule has 0 N–H and O–H groups in total. The Morgan fingerprint density at radius 1 is 0.281 bits per heavy atom. The zero-order valence-corrected chi connectivity index (χ0v) is 64.5. The van der Waals surface area contributed by atoms with E-state index >= 15 is 0 Å². The van der Waals surface area contributed by atoms with Crippen LogP contribution in [-0.4, -0.2) is 4.98 Å². The van der Waals surface area contributed by atoms with Crippen LogP contribution in [0.1, 0.15) is 41.6 Å². The number of rotatable bonds is 6. The van der Waals surface area contributed by atoms with Gasteiger partial charge >= 0.3 is 0 Å². The van der Waals surface area contributed by atoms with Gasteiger partial charge in [-0.05, 0) is 180 Å². The molecule has 9 nitrogen and oxygen atoms in total. The molecule has 0 amide bonds. The van der Waals surface area contributed by atoms with Crippen LogP contribution in [0.15, 0.2) is 340 Å². The Morgan fingerprint density at radius 3 is 1.46 bits per heavy atom. The highest BCUT2D eigenvalue weighted by Crippen LogP contribution is 2.44. The van der Waals surface area contributed by atoms with Crippen molar-refractivity contribution < 1.29 is 44.2 Å². The lowest BCUT2D eigenvalue weighted by Gasteiger charge is -2.08. The first-order chi connectivity index (χ1) is 58.1. The van der Waals surface area contributed by atoms with E-state index in [9.17, 15) is 0 Å². The van der Waals surface area contributed by atoms with Gasteiger partial charge < -0.3 is 17.7 Å². The Morgan fingerprint density at radius 2 is 0.798 bits per heavy atom. The Hall–Kier alpha value is -14.2. The summed E-state index contributed by atoms with van der Waals surface area (Å²) in [5, 5.41) is 16.2. The first-order valence-corrected chi connectivity index (χ1v) is 38.4. The molecule has 22 aromatic rings. The van der Waals surface area contributed by atoms with Gasteiger partial charge in [0.25, 0.3) is 0 Å². The number of fused-ring (bicyclic) bond motifs is 19. The molecule has 0 aliphatic rings. The molecule has 0 aliphatic heterocycles. The van der Waals surface area contributed by atoms with Crippen LogP contribution < -0.4 is 18.3 Å². The van der Waals surface area contributed by atoms with Crippen molar-refractivity contribution in [3.05, 3.63) is 356 Å². The summed E-state index contributed by atoms with van der Waals surface area (Å²) >= 11 is 0. The van der Waals surface area contributed by atoms with Crippen LogP contribution in [0.25, 0.3) is 198 Å². The van der Waals surface area contributed by atoms with Crippen molar-refractivity contribution >= 4 is 131 Å². The first kappa shape index (κ1) is 63.6. The highest BCUT2D eigenvalue weighted by atomic mass is 16.3. The summed E-state index contributed by atoms with van der Waals surface area (Å²) in [6.45, 7) is 3.71. The number of benzene rings is 13. The topological polar surface area (TPSA) is 81.0 Å². The second-order valence-electron chi connectivity index (χ2n) is 29.9. The number of furan rings is 4. The summed E-state index contributed by atoms with van der Waals surface area (Å²) < 4.78 is 81.8. The highest BCUT2D eigenvalue weighted by molar-refractivity contribution is 6.20. The summed E-state index contributed by atoms with van der Waals surface area (Å²) in [5.41, 5.74) is 25.7. The predicted molar refractivity (Wildman–Crippen MR) is 468 cm³/mol. The number of hydrogen-bond donors (Lipinski definition) is 0. The van der Waals surface area contributed by atoms with Crippen LogP contribution in [0.2, 0.25) is 0 Å². The van der Waals surface area contributed by atoms with E-state index in [1.165, 1.54) is 71.7 Å². The predicted octanol–water partition coefficient (Wildman–Crippen LogP) is 25.5. The molecule has 13 aromatic carbocycles. The zero-order chi connectivity index (χ0) is 82.6. The summed E-state index contributed by atoms with van der Waals surface area (Å²) in [6.07, 6.45) is 9.82. The molecule has 0 saturated carbocycles. The van der Waals surface area contributed by atoms with Crippen LogP contribution in [0.4, 0.5) is 0 Å². The fourth-order valence-corrected chi connectivity index (χ4v) is 16.8. The average molecular weight is 1480 g/mol. The SMILES string of the molecule is Cc1ccccc1-c1c2c(cc[n+]1C)oc1c3cc(-c4ccccc4)ccc3ccc12.Cc1ccccc1-c1cc2oc3c(ccc4cccnc43)c2c[n+]1C.Cc1ccccc1-c1cc2oc3c4ccccc4ccc3c2c[n+]1C.[2H]C([2H])([2H])c1ccc(-c2c3c(oc4cc5ccc(-c6ccccc6)cc5cc43)c(C([2H])([2H])[2H])c[n+]2C)c(C)c1. The molecule has 114 heavy (non-hydrogen) atoms. The van der Waals surface area contributed by atoms with E-state index in [1.54, 1.807) is 29.0 Å². The molecule has 9 aromatic heterocycles. The van der Waals surface area contributed by atoms with Crippen molar-refractivity contribution in [2.24, 2.45) is 28.2 Å². The van der Waals surface area contributed by atoms with Gasteiger partial charge in [-0.25, -0.2) is 13.7 Å². The van der Waals surface area contributed by atoms with E-state index in [0.29, 0.717) is 16.6 Å². The first-order valence-electron chi connectivity index (χ1n) is 41.4. The minimum Gasteiger partial charge on any atom is -0.455 e. The third kappa shape index (κ3) is 12.4. The van der Waals surface area contributed by atoms with Gasteiger partial charge in [0.05, 0.1) is 28.5 Å². The maximum atomic E-state index is 8.20. The largest absolute Gasteiger partial charge is 0.455 e. The minimum absolute atomic E-state index is 0.130. The van der Waals surface area contributed by atoms with Crippen LogP contribution in [0, 0.1) is 41.4 Å². The monoisotopic (exact) mass is 1480 g/mol. The molecular weight excluding hydrogens is 1400 g/mol. The third-order valence-corrected chi connectivity index (χ3v) is 22.6. The maximum Gasteiger partial charge on any atom is 0.224 e. The Bertz CT molecular complexity index is 7670. The molecule has 22 rings (SSSR count). The Balaban J connectivity index is 0.000000108. The van der Waals surface area contributed by atoms with Crippen molar-refractivity contribution in [3.63, 3.8) is 0 Å². The lowest BCUT2D eigenvalue weighted by atomic mass is 9.96. The van der Waals surface area contributed by atoms with Crippen molar-refractivity contribution in [2.45, 2.75) is 41.4 Å². The minimum atomic E-state index is -2.39. The Labute approximate surface area is 668 Å². The summed E-state index contributed by atoms with van der Waals surface area (Å²) in [4.78, 5) is 4.52. The second-order valence-corrected chi connectivity index (χ2v) is 29.9. The molecule has 0 radical (unpaired) electrons. The summed E-state index contributed by atoms with van der Waals surface area (Å²) in [5.74, 6) is 0. The lowest BCUT2D eigenvalue weighted by Crippen LogP contribution is -2.31. The van der Waals surface area contributed by atoms with E-state index in [1.807, 2.05) is 56.6 Å². The van der Waals surface area contributed by atoms with Crippen LogP contribution in [0.5, 0.6) is 0 Å². The number of aromatic nitrogens is 5. The molecule has 0 fully saturated rings. The van der Waals surface area contributed by atoms with E-state index < -0.39 is 13.7 Å². The second kappa shape index (κ2) is 28.6. The van der Waals surface area contributed by atoms with Gasteiger partial charge in [0.2, 0.25) is 22.8 Å². The molecule has 9 heteroatoms. The summed E-state index contributed by atoms with van der Waals surface area (Å²) in [7, 11) is 8.10. The van der Waals surface area contributed by atoms with Gasteiger partial charge in [-0.1, -0.05) is 206 Å². The molecule has 0 spiro atoms. The van der Waals surface area contributed by atoms with Crippen molar-refractivity contribution in [1.82, 2.24) is 4.98 Å². The smallest absolute Gasteiger partial charge is 0.224 e. The van der Waals surface area contributed by atoms with Crippen molar-refractivity contribution in [3.8, 4) is 67.3 Å². The fourth-order valence-electron chi connectivity index (χ4n) is 16.8. The zero-order valence-electron chi connectivity index (χ0n) is 70.5. The molecule has 0 unspecified atom stereocenters. The number of nitrogens with zero attached hydrogens (tertiary/aromatic N) is 5. The average Bonchev–Trinajstić information content (AvgIpc) is 1.54. The van der Waals surface area contributed by atoms with E-state index in [4.69, 9.17) is 25.9 Å². The van der Waals surface area contributed by atoms with Gasteiger partial charge in [-0.15, -0.1) is 0 Å². The van der Waals surface area contributed by atoms with Crippen molar-refractivity contribution in [2.75, 3.05) is 0 Å². The van der Waals surface area contributed by atoms with E-state index in [2.05, 4.69) is 316 Å². The molecule has 0 bridgehead atoms. The van der Waals surface area contributed by atoms with E-state index in [-0.39, 0.29) is 11.1 Å². The normalized spacial score (nSPS) is 12.6. The number of aryl methyl sites for hydroxylation is 10. The number of pyridine rings is 5. The van der Waals surface area contributed by atoms with Gasteiger partial charge in [0.1, 0.15) is 78.0 Å². The quantitative estimate of drug-likeness (QED) is 0.155. The standard InChI is InChI=1S/C31H26NO.C29H22NO.C23H18NO.C22H17N2O/c1-19-10-13-26(20(2)14-19)30-29-27-16-25-15-23(22-8-6-5-7-9-22)11-12-24(25)17-28(27)33-31(29)21(3)18-32(30)4;1-19-8-6-7-11-23(19)28-27-24-15-14-21-12-13-22(20-9-4-3-5-10-20)18-25(21)29(24)31-26(27)16-17-30(28)2;1-15-7-3-5-9-17(15)21-13-22-20(14-24(21)2)19-12-11-16-8-4-6-10-18(16)23(19)25-22;1-14-6-3-4-8-16(14)19-12-20-18(13-24(19)2)17-10-9-15-7-5-11-23-21(15)22(17)25-20/h5-18H,1-4H3;3-18H,1-2H3;3-14H,1-2H3;3-13H,1-2H3/q4*+1/i1D3,3D3;;;. The van der Waals surface area contributed by atoms with Crippen LogP contribution >= 0.6 is 0 Å². The van der Waals surface area contributed by atoms with Crippen molar-refractivity contribution in [1.29, 1.82) is 0 Å². The van der Waals surface area contributed by atoms with Gasteiger partial charge in [0.15, 0.2) is 36.0 Å². The maximum absolute atomic E-state index is 8.20. The lowest BCUT2D eigenvalue weighted by molar-refractivity contribution is -0.659. The summed E-state index contributed by atoms with van der Waals surface area (Å²) in [6, 6.07) is 99.8. The molecule has 0 saturated heterocycles. The van der Waals surface area contributed by atoms with Crippen LogP contribution in [0.3, 0.4) is 0 Å². The van der Waals surface area contributed by atoms with Gasteiger partial charge in [-0.2, -0.15) is 4.57 Å². The molecule has 0 aliphatic carbocycles. The molecule has 9 heterocycles. The van der Waals surface area contributed by atoms with Gasteiger partial charge in [-0.3, -0.25) is 4.98 Å². The number of hydrogen-bond acceptors (Lipinski definition) is 5. The molecular formula is C105H83N5O4+4. The molecule has 0 atom stereocenters. The highest BCUT2D eigenvalue weighted by Gasteiger charge is 2.28. The molecule has 548 valence electrons. The van der Waals surface area contributed by atoms with Gasteiger partial charge in [0, 0.05) is 80.4 Å². The van der Waals surface area contributed by atoms with E-state index in [0.717, 1.165) is 132 Å². The third-order valence-electron chi connectivity index (χ3n) is 22.6. The fraction of sp³-hybridized carbons (Fsp3) is 0.0952. The van der Waals surface area contributed by atoms with Crippen LogP contribution in [-0.2, 0) is 28.2 Å². The Kier molecular flexibility index (Phi) is 16.0.